The molecule has 0 aromatic heterocycles. The molecule has 3 amide bonds. The number of thioether (sulfide) groups is 1. The van der Waals surface area contributed by atoms with Crippen LogP contribution in [0.25, 0.3) is 0 Å². The van der Waals surface area contributed by atoms with Gasteiger partial charge in [-0.2, -0.15) is 11.8 Å². The number of aliphatic carboxylic acids is 1. The van der Waals surface area contributed by atoms with E-state index in [1.165, 1.54) is 30.8 Å². The van der Waals surface area contributed by atoms with E-state index in [0.29, 0.717) is 17.7 Å². The van der Waals surface area contributed by atoms with Crippen molar-refractivity contribution in [1.82, 2.24) is 16.0 Å². The number of carbonyl (C=O) groups is 4. The van der Waals surface area contributed by atoms with Crippen LogP contribution in [0.5, 0.6) is 5.75 Å². The molecule has 202 valence electrons. The number of carboxylic acids is 1. The van der Waals surface area contributed by atoms with E-state index < -0.39 is 54.0 Å². The molecule has 36 heavy (non-hydrogen) atoms. The second-order valence-corrected chi connectivity index (χ2v) is 9.74. The Bertz CT molecular complexity index is 882. The number of carbonyl (C=O) groups excluding carboxylic acids is 3. The van der Waals surface area contributed by atoms with Crippen molar-refractivity contribution in [2.24, 2.45) is 11.7 Å². The van der Waals surface area contributed by atoms with E-state index in [1.807, 2.05) is 13.2 Å². The van der Waals surface area contributed by atoms with E-state index >= 15 is 0 Å². The molecule has 11 nitrogen and oxygen atoms in total. The monoisotopic (exact) mass is 526 g/mol. The van der Waals surface area contributed by atoms with Crippen LogP contribution in [-0.2, 0) is 25.6 Å². The zero-order chi connectivity index (χ0) is 27.4. The molecule has 0 saturated heterocycles. The molecular weight excluding hydrogens is 488 g/mol. The average molecular weight is 527 g/mol. The number of nitrogens with two attached hydrogens (primary N) is 1. The minimum Gasteiger partial charge on any atom is -0.508 e. The highest BCUT2D eigenvalue weighted by atomic mass is 32.2. The molecule has 1 aromatic rings. The van der Waals surface area contributed by atoms with Crippen LogP contribution < -0.4 is 21.7 Å². The number of hydrogen-bond acceptors (Lipinski definition) is 8. The smallest absolute Gasteiger partial charge is 0.326 e. The van der Waals surface area contributed by atoms with Gasteiger partial charge in [0, 0.05) is 6.42 Å². The molecule has 0 bridgehead atoms. The number of hydrogen-bond donors (Lipinski definition) is 7. The van der Waals surface area contributed by atoms with Crippen LogP contribution in [0.3, 0.4) is 0 Å². The average Bonchev–Trinajstić information content (AvgIpc) is 2.84. The Morgan fingerprint density at radius 1 is 0.972 bits per heavy atom. The fraction of sp³-hybridized carbons (Fsp3) is 0.583. The molecule has 0 saturated carbocycles. The molecule has 0 fully saturated rings. The van der Waals surface area contributed by atoms with E-state index in [9.17, 15) is 34.5 Å². The maximum absolute atomic E-state index is 13.1. The van der Waals surface area contributed by atoms with Crippen molar-refractivity contribution in [2.75, 3.05) is 12.0 Å². The molecule has 12 heteroatoms. The van der Waals surface area contributed by atoms with Crippen molar-refractivity contribution in [3.63, 3.8) is 0 Å². The molecule has 6 unspecified atom stereocenters. The van der Waals surface area contributed by atoms with Crippen molar-refractivity contribution in [3.05, 3.63) is 29.8 Å². The van der Waals surface area contributed by atoms with E-state index in [1.54, 1.807) is 19.1 Å². The Morgan fingerprint density at radius 2 is 1.56 bits per heavy atom. The summed E-state index contributed by atoms with van der Waals surface area (Å²) in [7, 11) is 0. The maximum atomic E-state index is 13.1. The first-order valence-electron chi connectivity index (χ1n) is 11.8. The Morgan fingerprint density at radius 3 is 2.06 bits per heavy atom. The first kappa shape index (κ1) is 31.2. The van der Waals surface area contributed by atoms with Gasteiger partial charge in [0.15, 0.2) is 0 Å². The zero-order valence-corrected chi connectivity index (χ0v) is 21.9. The van der Waals surface area contributed by atoms with Crippen LogP contribution in [0, 0.1) is 5.92 Å². The zero-order valence-electron chi connectivity index (χ0n) is 21.1. The van der Waals surface area contributed by atoms with Crippen LogP contribution in [0.1, 0.15) is 39.2 Å². The van der Waals surface area contributed by atoms with Crippen molar-refractivity contribution in [3.8, 4) is 5.75 Å². The quantitative estimate of drug-likeness (QED) is 0.165. The highest BCUT2D eigenvalue weighted by Crippen LogP contribution is 2.13. The lowest BCUT2D eigenvalue weighted by molar-refractivity contribution is -0.142. The molecule has 8 N–H and O–H groups in total. The normalized spacial score (nSPS) is 16.1. The van der Waals surface area contributed by atoms with Gasteiger partial charge in [-0.25, -0.2) is 4.79 Å². The molecule has 0 heterocycles. The van der Waals surface area contributed by atoms with E-state index in [0.717, 1.165) is 0 Å². The lowest BCUT2D eigenvalue weighted by Crippen LogP contribution is -2.59. The molecule has 0 radical (unpaired) electrons. The first-order chi connectivity index (χ1) is 16.9. The van der Waals surface area contributed by atoms with Gasteiger partial charge in [0.2, 0.25) is 17.7 Å². The SMILES string of the molecule is CCC(C)C(NC(=O)C(N)C(C)O)C(=O)NC(CCSC)C(=O)NC(Cc1ccc(O)cc1)C(=O)O. The Kier molecular flexibility index (Phi) is 13.3. The van der Waals surface area contributed by atoms with Gasteiger partial charge in [-0.05, 0) is 49.0 Å². The number of nitrogens with one attached hydrogen (secondary N) is 3. The number of phenolic OH excluding ortho intramolecular Hbond substituents is 1. The van der Waals surface area contributed by atoms with Gasteiger partial charge in [0.25, 0.3) is 0 Å². The molecule has 1 aromatic carbocycles. The number of aromatic hydroxyl groups is 1. The Balaban J connectivity index is 3.02. The number of aliphatic hydroxyl groups excluding tert-OH is 1. The summed E-state index contributed by atoms with van der Waals surface area (Å²) in [4.78, 5) is 50.4. The third-order valence-electron chi connectivity index (χ3n) is 5.85. The summed E-state index contributed by atoms with van der Waals surface area (Å²) in [6, 6.07) is 1.42. The lowest BCUT2D eigenvalue weighted by atomic mass is 9.97. The van der Waals surface area contributed by atoms with Crippen LogP contribution in [-0.4, -0.2) is 81.3 Å². The van der Waals surface area contributed by atoms with Gasteiger partial charge in [-0.15, -0.1) is 0 Å². The van der Waals surface area contributed by atoms with Gasteiger partial charge >= 0.3 is 5.97 Å². The fourth-order valence-electron chi connectivity index (χ4n) is 3.28. The van der Waals surface area contributed by atoms with Crippen molar-refractivity contribution in [1.29, 1.82) is 0 Å². The highest BCUT2D eigenvalue weighted by Gasteiger charge is 2.33. The molecule has 0 aliphatic heterocycles. The van der Waals surface area contributed by atoms with Crippen molar-refractivity contribution >= 4 is 35.5 Å². The Hall–Kier alpha value is -2.83. The van der Waals surface area contributed by atoms with Gasteiger partial charge in [0.1, 0.15) is 29.9 Å². The lowest BCUT2D eigenvalue weighted by Gasteiger charge is -2.28. The number of carboxylic acid groups (broad SMARTS) is 1. The molecule has 6 atom stereocenters. The van der Waals surface area contributed by atoms with Crippen LogP contribution in [0.2, 0.25) is 0 Å². The van der Waals surface area contributed by atoms with Crippen LogP contribution in [0.15, 0.2) is 24.3 Å². The third kappa shape index (κ3) is 10.0. The summed E-state index contributed by atoms with van der Waals surface area (Å²) in [6.45, 7) is 4.96. The fourth-order valence-corrected chi connectivity index (χ4v) is 3.75. The summed E-state index contributed by atoms with van der Waals surface area (Å²) in [5.74, 6) is -2.98. The van der Waals surface area contributed by atoms with Gasteiger partial charge in [-0.1, -0.05) is 32.4 Å². The number of rotatable bonds is 15. The largest absolute Gasteiger partial charge is 0.508 e. The van der Waals surface area contributed by atoms with Crippen molar-refractivity contribution < 1.29 is 34.5 Å². The van der Waals surface area contributed by atoms with Crippen molar-refractivity contribution in [2.45, 2.75) is 70.3 Å². The predicted molar refractivity (Wildman–Crippen MR) is 137 cm³/mol. The topological polar surface area (TPSA) is 191 Å². The minimum atomic E-state index is -1.26. The van der Waals surface area contributed by atoms with Crippen LogP contribution >= 0.6 is 11.8 Å². The second-order valence-electron chi connectivity index (χ2n) is 8.75. The molecule has 0 aliphatic carbocycles. The summed E-state index contributed by atoms with van der Waals surface area (Å²) < 4.78 is 0. The second kappa shape index (κ2) is 15.3. The summed E-state index contributed by atoms with van der Waals surface area (Å²) in [5.41, 5.74) is 6.29. The summed E-state index contributed by atoms with van der Waals surface area (Å²) in [6.07, 6.45) is 1.47. The molecular formula is C24H38N4O7S. The number of benzene rings is 1. The van der Waals surface area contributed by atoms with E-state index in [-0.39, 0.29) is 24.5 Å². The summed E-state index contributed by atoms with van der Waals surface area (Å²) in [5, 5.41) is 36.3. The van der Waals surface area contributed by atoms with E-state index in [2.05, 4.69) is 16.0 Å². The predicted octanol–water partition coefficient (Wildman–Crippen LogP) is -0.0190. The number of aliphatic hydroxyl groups is 1. The van der Waals surface area contributed by atoms with Gasteiger partial charge in [0.05, 0.1) is 6.10 Å². The molecule has 0 spiro atoms. The number of phenols is 1. The molecule has 0 aliphatic rings. The standard InChI is InChI=1S/C24H38N4O7S/c1-5-13(2)20(28-22(32)19(25)14(3)29)23(33)26-17(10-11-36-4)21(31)27-18(24(34)35)12-15-6-8-16(30)9-7-15/h6-9,13-14,17-20,29-30H,5,10-12,25H2,1-4H3,(H,26,33)(H,27,31)(H,28,32)(H,34,35). The van der Waals surface area contributed by atoms with E-state index in [4.69, 9.17) is 5.73 Å². The van der Waals surface area contributed by atoms with Gasteiger partial charge in [-0.3, -0.25) is 14.4 Å². The molecule has 1 rings (SSSR count). The highest BCUT2D eigenvalue weighted by molar-refractivity contribution is 7.98. The minimum absolute atomic E-state index is 0.0205. The first-order valence-corrected chi connectivity index (χ1v) is 13.1. The summed E-state index contributed by atoms with van der Waals surface area (Å²) >= 11 is 1.46. The number of amides is 3. The maximum Gasteiger partial charge on any atom is 0.326 e. The van der Waals surface area contributed by atoms with Crippen LogP contribution in [0.4, 0.5) is 0 Å². The third-order valence-corrected chi connectivity index (χ3v) is 6.49. The van der Waals surface area contributed by atoms with Gasteiger partial charge < -0.3 is 37.0 Å². The Labute approximate surface area is 215 Å².